The summed E-state index contributed by atoms with van der Waals surface area (Å²) in [6.45, 7) is 5.62. The van der Waals surface area contributed by atoms with E-state index in [0.29, 0.717) is 0 Å². The van der Waals surface area contributed by atoms with E-state index in [4.69, 9.17) is 4.74 Å². The van der Waals surface area contributed by atoms with Gasteiger partial charge in [-0.05, 0) is 44.7 Å². The summed E-state index contributed by atoms with van der Waals surface area (Å²) in [5.41, 5.74) is -0.362. The van der Waals surface area contributed by atoms with Gasteiger partial charge in [0.15, 0.2) is 0 Å². The molecule has 0 unspecified atom stereocenters. The smallest absolute Gasteiger partial charge is 0.249 e. The molecule has 3 heterocycles. The highest BCUT2D eigenvalue weighted by molar-refractivity contribution is 5.78. The van der Waals surface area contributed by atoms with E-state index in [9.17, 15) is 9.90 Å². The minimum Gasteiger partial charge on any atom is -0.394 e. The summed E-state index contributed by atoms with van der Waals surface area (Å²) >= 11 is 0. The zero-order valence-corrected chi connectivity index (χ0v) is 14.6. The summed E-state index contributed by atoms with van der Waals surface area (Å²) < 4.78 is 5.01. The first-order chi connectivity index (χ1) is 11.5. The third-order valence-corrected chi connectivity index (χ3v) is 5.66. The minimum absolute atomic E-state index is 0.000311. The van der Waals surface area contributed by atoms with Crippen LogP contribution >= 0.6 is 0 Å². The molecule has 24 heavy (non-hydrogen) atoms. The number of aliphatic hydroxyl groups excluding tert-OH is 1. The molecular formula is C17H28N4O3. The summed E-state index contributed by atoms with van der Waals surface area (Å²) in [5, 5.41) is 9.89. The molecule has 134 valence electrons. The van der Waals surface area contributed by atoms with Crippen LogP contribution in [0.5, 0.6) is 0 Å². The van der Waals surface area contributed by atoms with Crippen LogP contribution in [0.15, 0.2) is 12.4 Å². The number of hydrogen-bond acceptors (Lipinski definition) is 5. The van der Waals surface area contributed by atoms with E-state index >= 15 is 0 Å². The Morgan fingerprint density at radius 1 is 1.46 bits per heavy atom. The number of nitrogens with one attached hydrogen (secondary N) is 1. The van der Waals surface area contributed by atoms with Crippen molar-refractivity contribution < 1.29 is 14.6 Å². The van der Waals surface area contributed by atoms with Crippen LogP contribution in [-0.4, -0.2) is 76.3 Å². The van der Waals surface area contributed by atoms with Gasteiger partial charge < -0.3 is 19.7 Å². The number of amides is 1. The molecule has 1 aromatic rings. The maximum Gasteiger partial charge on any atom is 0.249 e. The van der Waals surface area contributed by atoms with Crippen LogP contribution in [0.4, 0.5) is 0 Å². The van der Waals surface area contributed by atoms with Gasteiger partial charge in [-0.15, -0.1) is 0 Å². The molecule has 2 saturated heterocycles. The number of piperidine rings is 1. The second-order valence-corrected chi connectivity index (χ2v) is 7.56. The number of aromatic nitrogens is 2. The van der Waals surface area contributed by atoms with Gasteiger partial charge in [-0.25, -0.2) is 4.98 Å². The topological polar surface area (TPSA) is 81.7 Å². The van der Waals surface area contributed by atoms with Crippen LogP contribution in [0.3, 0.4) is 0 Å². The first-order valence-corrected chi connectivity index (χ1v) is 8.61. The van der Waals surface area contributed by atoms with E-state index in [2.05, 4.69) is 14.9 Å². The number of ether oxygens (including phenoxy) is 1. The van der Waals surface area contributed by atoms with Gasteiger partial charge in [-0.2, -0.15) is 0 Å². The van der Waals surface area contributed by atoms with E-state index in [0.717, 1.165) is 51.3 Å². The van der Waals surface area contributed by atoms with Gasteiger partial charge in [0.25, 0.3) is 0 Å². The van der Waals surface area contributed by atoms with Crippen molar-refractivity contribution in [2.24, 2.45) is 5.41 Å². The molecule has 2 fully saturated rings. The lowest BCUT2D eigenvalue weighted by Gasteiger charge is -2.39. The predicted octanol–water partition coefficient (Wildman–Crippen LogP) is 0.622. The number of carbonyl (C=O) groups is 1. The Kier molecular flexibility index (Phi) is 4.94. The van der Waals surface area contributed by atoms with Crippen molar-refractivity contribution in [2.75, 3.05) is 40.0 Å². The number of methoxy groups -OCH3 is 1. The molecule has 2 N–H and O–H groups in total. The van der Waals surface area contributed by atoms with Gasteiger partial charge in [-0.3, -0.25) is 9.69 Å². The average Bonchev–Trinajstić information content (AvgIpc) is 3.17. The van der Waals surface area contributed by atoms with E-state index in [-0.39, 0.29) is 24.5 Å². The zero-order chi connectivity index (χ0) is 17.2. The summed E-state index contributed by atoms with van der Waals surface area (Å²) in [4.78, 5) is 24.1. The highest BCUT2D eigenvalue weighted by atomic mass is 16.5. The third-order valence-electron chi connectivity index (χ3n) is 5.66. The van der Waals surface area contributed by atoms with Crippen LogP contribution in [0.1, 0.15) is 32.0 Å². The highest BCUT2D eigenvalue weighted by Gasteiger charge is 2.52. The van der Waals surface area contributed by atoms with Gasteiger partial charge in [0.05, 0.1) is 18.7 Å². The van der Waals surface area contributed by atoms with Gasteiger partial charge >= 0.3 is 0 Å². The van der Waals surface area contributed by atoms with Gasteiger partial charge in [0.2, 0.25) is 5.91 Å². The second kappa shape index (κ2) is 6.82. The van der Waals surface area contributed by atoms with E-state index in [1.807, 2.05) is 18.0 Å². The first-order valence-electron chi connectivity index (χ1n) is 8.61. The summed E-state index contributed by atoms with van der Waals surface area (Å²) in [5.74, 6) is 0.971. The number of carbonyl (C=O) groups excluding carboxylic acids is 1. The van der Waals surface area contributed by atoms with Crippen molar-refractivity contribution >= 4 is 5.91 Å². The van der Waals surface area contributed by atoms with Gasteiger partial charge in [0, 0.05) is 26.0 Å². The molecule has 2 aliphatic heterocycles. The first kappa shape index (κ1) is 17.4. The normalized spacial score (nSPS) is 27.0. The summed E-state index contributed by atoms with van der Waals surface area (Å²) in [7, 11) is 1.53. The van der Waals surface area contributed by atoms with Crippen LogP contribution in [-0.2, 0) is 16.1 Å². The number of rotatable bonds is 5. The number of likely N-dealkylation sites (tertiary alicyclic amines) is 2. The van der Waals surface area contributed by atoms with Crippen molar-refractivity contribution in [1.29, 1.82) is 0 Å². The number of nitrogens with zero attached hydrogens (tertiary/aromatic N) is 3. The maximum absolute atomic E-state index is 12.4. The van der Waals surface area contributed by atoms with E-state index in [1.165, 1.54) is 7.11 Å². The van der Waals surface area contributed by atoms with Crippen LogP contribution < -0.4 is 0 Å². The number of aliphatic hydroxyl groups is 1. The predicted molar refractivity (Wildman–Crippen MR) is 89.2 cm³/mol. The molecule has 7 nitrogen and oxygen atoms in total. The second-order valence-electron chi connectivity index (χ2n) is 7.56. The number of aromatic amines is 1. The molecule has 0 aromatic carbocycles. The Morgan fingerprint density at radius 2 is 2.21 bits per heavy atom. The Morgan fingerprint density at radius 3 is 2.79 bits per heavy atom. The fourth-order valence-corrected chi connectivity index (χ4v) is 4.33. The summed E-state index contributed by atoms with van der Waals surface area (Å²) in [6.07, 6.45) is 6.58. The monoisotopic (exact) mass is 336 g/mol. The van der Waals surface area contributed by atoms with E-state index in [1.54, 1.807) is 6.20 Å². The van der Waals surface area contributed by atoms with Crippen molar-refractivity contribution in [3.05, 3.63) is 18.2 Å². The lowest BCUT2D eigenvalue weighted by Crippen LogP contribution is -2.49. The fraction of sp³-hybridized carbons (Fsp3) is 0.765. The Bertz CT molecular complexity index is 554. The van der Waals surface area contributed by atoms with Crippen molar-refractivity contribution in [3.8, 4) is 0 Å². The molecular weight excluding hydrogens is 308 g/mol. The third kappa shape index (κ3) is 3.34. The molecule has 0 aliphatic carbocycles. The lowest BCUT2D eigenvalue weighted by molar-refractivity contribution is -0.140. The molecule has 1 atom stereocenters. The molecule has 0 bridgehead atoms. The lowest BCUT2D eigenvalue weighted by atomic mass is 9.74. The van der Waals surface area contributed by atoms with E-state index < -0.39 is 5.54 Å². The average molecular weight is 336 g/mol. The number of H-pyrrole nitrogens is 1. The fourth-order valence-electron chi connectivity index (χ4n) is 4.33. The molecule has 0 radical (unpaired) electrons. The minimum atomic E-state index is -0.473. The van der Waals surface area contributed by atoms with Crippen LogP contribution in [0, 0.1) is 5.41 Å². The summed E-state index contributed by atoms with van der Waals surface area (Å²) in [6, 6.07) is 0. The molecule has 7 heteroatoms. The molecule has 1 spiro atoms. The Hall–Kier alpha value is -1.44. The molecule has 0 saturated carbocycles. The molecule has 1 aromatic heterocycles. The maximum atomic E-state index is 12.4. The standard InChI is InChI=1S/C17H28N4O3/c1-16(13-22)11-17(12-21(16)15(23)10-24-2)3-7-20(8-4-17)9-14-18-5-6-19-14/h5-6,22H,3-4,7-13H2,1-2H3,(H,18,19)/t16-/m1/s1. The van der Waals surface area contributed by atoms with Crippen LogP contribution in [0.2, 0.25) is 0 Å². The van der Waals surface area contributed by atoms with Crippen molar-refractivity contribution in [2.45, 2.75) is 38.3 Å². The van der Waals surface area contributed by atoms with Gasteiger partial charge in [0.1, 0.15) is 12.4 Å². The Balaban J connectivity index is 1.64. The Labute approximate surface area is 143 Å². The SMILES string of the molecule is COCC(=O)N1CC2(CCN(Cc3ncc[nH]3)CC2)C[C@]1(C)CO. The van der Waals surface area contributed by atoms with Crippen molar-refractivity contribution in [1.82, 2.24) is 19.8 Å². The van der Waals surface area contributed by atoms with Crippen molar-refractivity contribution in [3.63, 3.8) is 0 Å². The molecule has 2 aliphatic rings. The zero-order valence-electron chi connectivity index (χ0n) is 14.6. The molecule has 3 rings (SSSR count). The molecule has 1 amide bonds. The quantitative estimate of drug-likeness (QED) is 0.824. The van der Waals surface area contributed by atoms with Gasteiger partial charge in [-0.1, -0.05) is 0 Å². The number of hydrogen-bond donors (Lipinski definition) is 2. The largest absolute Gasteiger partial charge is 0.394 e. The highest BCUT2D eigenvalue weighted by Crippen LogP contribution is 2.48. The number of imidazole rings is 1. The van der Waals surface area contributed by atoms with Crippen LogP contribution in [0.25, 0.3) is 0 Å².